The Kier molecular flexibility index (Phi) is 7.16. The normalized spacial score (nSPS) is 18.8. The largest absolute Gasteiger partial charge is 0.338 e. The zero-order chi connectivity index (χ0) is 17.1. The topological polar surface area (TPSA) is 107 Å². The number of carbonyl (C=O) groups is 1. The van der Waals surface area contributed by atoms with Crippen molar-refractivity contribution in [1.82, 2.24) is 14.7 Å². The maximum atomic E-state index is 12.5. The van der Waals surface area contributed by atoms with Crippen LogP contribution in [0.3, 0.4) is 0 Å². The zero-order valence-electron chi connectivity index (χ0n) is 14.4. The van der Waals surface area contributed by atoms with Crippen molar-refractivity contribution in [2.24, 2.45) is 5.73 Å². The van der Waals surface area contributed by atoms with Crippen molar-refractivity contribution in [3.63, 3.8) is 0 Å². The Bertz CT molecular complexity index is 602. The molecule has 1 amide bonds. The number of nitro groups is 1. The molecule has 0 radical (unpaired) electrons. The summed E-state index contributed by atoms with van der Waals surface area (Å²) in [5.74, 6) is 0.0437. The molecule has 0 aliphatic carbocycles. The van der Waals surface area contributed by atoms with E-state index in [1.54, 1.807) is 18.5 Å². The molecule has 1 aliphatic rings. The van der Waals surface area contributed by atoms with Crippen molar-refractivity contribution >= 4 is 24.0 Å². The predicted molar refractivity (Wildman–Crippen MR) is 93.2 cm³/mol. The summed E-state index contributed by atoms with van der Waals surface area (Å²) in [7, 11) is 0. The summed E-state index contributed by atoms with van der Waals surface area (Å²) in [4.78, 5) is 25.0. The summed E-state index contributed by atoms with van der Waals surface area (Å²) >= 11 is 0. The highest BCUT2D eigenvalue weighted by Gasteiger charge is 2.29. The zero-order valence-corrected chi connectivity index (χ0v) is 15.2. The van der Waals surface area contributed by atoms with Gasteiger partial charge in [-0.05, 0) is 40.0 Å². The van der Waals surface area contributed by atoms with Gasteiger partial charge >= 0.3 is 5.69 Å². The highest BCUT2D eigenvalue weighted by molar-refractivity contribution is 5.85. The first-order valence-electron chi connectivity index (χ1n) is 8.06. The van der Waals surface area contributed by atoms with E-state index in [-0.39, 0.29) is 42.5 Å². The number of piperidine rings is 1. The summed E-state index contributed by atoms with van der Waals surface area (Å²) in [6, 6.07) is 0.0417. The Hall–Kier alpha value is -1.67. The van der Waals surface area contributed by atoms with Crippen LogP contribution in [0.25, 0.3) is 0 Å². The molecule has 1 aromatic rings. The number of rotatable bonds is 5. The van der Waals surface area contributed by atoms with Gasteiger partial charge in [0, 0.05) is 25.0 Å². The van der Waals surface area contributed by atoms with E-state index in [0.717, 1.165) is 25.8 Å². The number of hydrogen-bond donors (Lipinski definition) is 1. The number of carbonyl (C=O) groups excluding carboxylic acids is 1. The third-order valence-electron chi connectivity index (χ3n) is 4.54. The molecule has 1 aliphatic heterocycles. The van der Waals surface area contributed by atoms with Gasteiger partial charge in [-0.1, -0.05) is 0 Å². The van der Waals surface area contributed by atoms with E-state index < -0.39 is 4.92 Å². The molecule has 2 N–H and O–H groups in total. The van der Waals surface area contributed by atoms with Gasteiger partial charge in [0.25, 0.3) is 0 Å². The van der Waals surface area contributed by atoms with Gasteiger partial charge in [-0.2, -0.15) is 5.10 Å². The quantitative estimate of drug-likeness (QED) is 0.638. The monoisotopic (exact) mass is 359 g/mol. The van der Waals surface area contributed by atoms with Crippen LogP contribution < -0.4 is 5.73 Å². The minimum atomic E-state index is -0.424. The van der Waals surface area contributed by atoms with Crippen molar-refractivity contribution in [2.45, 2.75) is 65.1 Å². The number of nitrogens with two attached hydrogens (primary N) is 1. The Labute approximate surface area is 147 Å². The van der Waals surface area contributed by atoms with Gasteiger partial charge in [-0.15, -0.1) is 12.4 Å². The number of hydrogen-bond acceptors (Lipinski definition) is 5. The molecule has 136 valence electrons. The van der Waals surface area contributed by atoms with Gasteiger partial charge < -0.3 is 10.6 Å². The molecular formula is C15H26ClN5O3. The second-order valence-corrected chi connectivity index (χ2v) is 6.26. The molecule has 1 saturated heterocycles. The van der Waals surface area contributed by atoms with E-state index in [2.05, 4.69) is 5.10 Å². The van der Waals surface area contributed by atoms with E-state index in [4.69, 9.17) is 5.73 Å². The fourth-order valence-electron chi connectivity index (χ4n) is 3.33. The molecule has 0 saturated carbocycles. The van der Waals surface area contributed by atoms with Crippen molar-refractivity contribution in [1.29, 1.82) is 0 Å². The van der Waals surface area contributed by atoms with Crippen LogP contribution in [0.1, 0.15) is 44.0 Å². The number of likely N-dealkylation sites (tertiary alicyclic amines) is 1. The summed E-state index contributed by atoms with van der Waals surface area (Å²) in [6.07, 6.45) is 3.32. The van der Waals surface area contributed by atoms with Gasteiger partial charge in [0.2, 0.25) is 5.91 Å². The van der Waals surface area contributed by atoms with Crippen LogP contribution in [0.15, 0.2) is 0 Å². The molecule has 2 atom stereocenters. The van der Waals surface area contributed by atoms with Crippen LogP contribution in [0, 0.1) is 24.0 Å². The van der Waals surface area contributed by atoms with Crippen LogP contribution in [-0.4, -0.2) is 44.1 Å². The van der Waals surface area contributed by atoms with Gasteiger partial charge in [0.05, 0.1) is 11.5 Å². The lowest BCUT2D eigenvalue weighted by Gasteiger charge is -2.38. The fraction of sp³-hybridized carbons (Fsp3) is 0.733. The predicted octanol–water partition coefficient (Wildman–Crippen LogP) is 1.95. The summed E-state index contributed by atoms with van der Waals surface area (Å²) < 4.78 is 1.55. The second kappa shape index (κ2) is 8.43. The molecular weight excluding hydrogens is 334 g/mol. The van der Waals surface area contributed by atoms with Crippen molar-refractivity contribution in [3.8, 4) is 0 Å². The molecule has 2 unspecified atom stereocenters. The molecule has 1 aromatic heterocycles. The Morgan fingerprint density at radius 1 is 1.46 bits per heavy atom. The first-order chi connectivity index (χ1) is 10.8. The smallest absolute Gasteiger partial charge is 0.312 e. The maximum absolute atomic E-state index is 12.5. The van der Waals surface area contributed by atoms with E-state index in [1.165, 1.54) is 0 Å². The van der Waals surface area contributed by atoms with Gasteiger partial charge in [-0.3, -0.25) is 19.6 Å². The number of aromatic nitrogens is 2. The molecule has 24 heavy (non-hydrogen) atoms. The molecule has 0 bridgehead atoms. The Morgan fingerprint density at radius 3 is 2.67 bits per heavy atom. The molecule has 8 nitrogen and oxygen atoms in total. The number of nitrogens with zero attached hydrogens (tertiary/aromatic N) is 4. The molecule has 9 heteroatoms. The van der Waals surface area contributed by atoms with Gasteiger partial charge in [-0.25, -0.2) is 0 Å². The van der Waals surface area contributed by atoms with E-state index in [1.807, 2.05) is 11.8 Å². The van der Waals surface area contributed by atoms with E-state index in [0.29, 0.717) is 17.9 Å². The van der Waals surface area contributed by atoms with Gasteiger partial charge in [0.1, 0.15) is 11.4 Å². The molecule has 2 heterocycles. The minimum absolute atomic E-state index is 0. The fourth-order valence-corrected chi connectivity index (χ4v) is 3.33. The first kappa shape index (κ1) is 20.4. The second-order valence-electron chi connectivity index (χ2n) is 6.26. The van der Waals surface area contributed by atoms with Crippen molar-refractivity contribution in [3.05, 3.63) is 21.5 Å². The summed E-state index contributed by atoms with van der Waals surface area (Å²) in [5.41, 5.74) is 6.90. The van der Waals surface area contributed by atoms with Crippen LogP contribution in [0.5, 0.6) is 0 Å². The minimum Gasteiger partial charge on any atom is -0.338 e. The van der Waals surface area contributed by atoms with E-state index in [9.17, 15) is 14.9 Å². The van der Waals surface area contributed by atoms with Crippen LogP contribution in [0.4, 0.5) is 5.69 Å². The SMILES string of the molecule is Cc1nn(CCC(=O)N2CCCCC2C(C)N)c(C)c1[N+](=O)[O-].Cl. The molecule has 1 fully saturated rings. The lowest BCUT2D eigenvalue weighted by Crippen LogP contribution is -2.51. The molecule has 0 aromatic carbocycles. The highest BCUT2D eigenvalue weighted by Crippen LogP contribution is 2.23. The molecule has 0 spiro atoms. The van der Waals surface area contributed by atoms with Crippen LogP contribution >= 0.6 is 12.4 Å². The average molecular weight is 360 g/mol. The first-order valence-corrected chi connectivity index (χ1v) is 8.06. The van der Waals surface area contributed by atoms with Crippen LogP contribution in [0.2, 0.25) is 0 Å². The highest BCUT2D eigenvalue weighted by atomic mass is 35.5. The Balaban J connectivity index is 0.00000288. The third-order valence-corrected chi connectivity index (χ3v) is 4.54. The van der Waals surface area contributed by atoms with E-state index >= 15 is 0 Å². The number of aryl methyl sites for hydroxylation is 2. The Morgan fingerprint density at radius 2 is 2.12 bits per heavy atom. The lowest BCUT2D eigenvalue weighted by atomic mass is 9.96. The maximum Gasteiger partial charge on any atom is 0.312 e. The summed E-state index contributed by atoms with van der Waals surface area (Å²) in [6.45, 7) is 6.29. The van der Waals surface area contributed by atoms with Crippen molar-refractivity contribution < 1.29 is 9.72 Å². The number of halogens is 1. The average Bonchev–Trinajstić information content (AvgIpc) is 2.78. The van der Waals surface area contributed by atoms with Crippen LogP contribution in [-0.2, 0) is 11.3 Å². The number of amides is 1. The lowest BCUT2D eigenvalue weighted by molar-refractivity contribution is -0.386. The summed E-state index contributed by atoms with van der Waals surface area (Å²) in [5, 5.41) is 15.2. The standard InChI is InChI=1S/C15H25N5O3.ClH/c1-10(16)13-6-4-5-8-18(13)14(21)7-9-19-12(3)15(20(22)23)11(2)17-19;/h10,13H,4-9,16H2,1-3H3;1H. The van der Waals surface area contributed by atoms with Gasteiger partial charge in [0.15, 0.2) is 0 Å². The van der Waals surface area contributed by atoms with Crippen molar-refractivity contribution in [2.75, 3.05) is 6.54 Å². The molecule has 2 rings (SSSR count). The third kappa shape index (κ3) is 4.24.